The van der Waals surface area contributed by atoms with Gasteiger partial charge in [-0.3, -0.25) is 0 Å². The van der Waals surface area contributed by atoms with Gasteiger partial charge in [-0.15, -0.1) is 22.9 Å². The maximum absolute atomic E-state index is 6.17. The summed E-state index contributed by atoms with van der Waals surface area (Å²) in [7, 11) is 0. The van der Waals surface area contributed by atoms with Gasteiger partial charge < -0.3 is 0 Å². The topological polar surface area (TPSA) is 0 Å². The monoisotopic (exact) mass is 284 g/mol. The highest BCUT2D eigenvalue weighted by Crippen LogP contribution is 2.23. The molecule has 1 aromatic carbocycles. The standard InChI is InChI=1S/C14H14Cl2S/c15-10-11(9-13-5-3-7-17-13)8-12-4-1-2-6-14(12)16/h1-7,11H,8-10H2. The molecule has 0 saturated carbocycles. The van der Waals surface area contributed by atoms with Crippen molar-refractivity contribution in [3.63, 3.8) is 0 Å². The van der Waals surface area contributed by atoms with Gasteiger partial charge in [-0.1, -0.05) is 35.9 Å². The number of benzene rings is 1. The Morgan fingerprint density at radius 2 is 1.88 bits per heavy atom. The van der Waals surface area contributed by atoms with Gasteiger partial charge in [-0.05, 0) is 41.8 Å². The lowest BCUT2D eigenvalue weighted by molar-refractivity contribution is 0.589. The Morgan fingerprint density at radius 3 is 2.53 bits per heavy atom. The summed E-state index contributed by atoms with van der Waals surface area (Å²) in [5.41, 5.74) is 1.19. The highest BCUT2D eigenvalue weighted by Gasteiger charge is 2.12. The minimum absolute atomic E-state index is 0.454. The number of alkyl halides is 1. The molecule has 0 aliphatic rings. The number of rotatable bonds is 5. The zero-order valence-electron chi connectivity index (χ0n) is 9.40. The Morgan fingerprint density at radius 1 is 1.06 bits per heavy atom. The van der Waals surface area contributed by atoms with Gasteiger partial charge in [0.2, 0.25) is 0 Å². The Kier molecular flexibility index (Phi) is 4.90. The van der Waals surface area contributed by atoms with Crippen LogP contribution in [-0.4, -0.2) is 5.88 Å². The van der Waals surface area contributed by atoms with E-state index in [1.807, 2.05) is 18.2 Å². The summed E-state index contributed by atoms with van der Waals surface area (Å²) in [4.78, 5) is 1.39. The summed E-state index contributed by atoms with van der Waals surface area (Å²) in [5.74, 6) is 1.12. The van der Waals surface area contributed by atoms with E-state index in [2.05, 4.69) is 23.6 Å². The molecule has 0 saturated heterocycles. The first-order chi connectivity index (χ1) is 8.29. The zero-order chi connectivity index (χ0) is 12.1. The summed E-state index contributed by atoms with van der Waals surface area (Å²) in [6, 6.07) is 12.2. The second-order valence-electron chi connectivity index (χ2n) is 4.10. The molecule has 1 atom stereocenters. The SMILES string of the molecule is ClCC(Cc1cccs1)Cc1ccccc1Cl. The molecule has 0 aliphatic heterocycles. The van der Waals surface area contributed by atoms with E-state index in [0.29, 0.717) is 11.8 Å². The lowest BCUT2D eigenvalue weighted by Gasteiger charge is -2.13. The van der Waals surface area contributed by atoms with Crippen molar-refractivity contribution in [3.05, 3.63) is 57.2 Å². The lowest BCUT2D eigenvalue weighted by Crippen LogP contribution is -2.09. The molecule has 0 fully saturated rings. The molecular formula is C14H14Cl2S. The zero-order valence-corrected chi connectivity index (χ0v) is 11.7. The summed E-state index contributed by atoms with van der Waals surface area (Å²) in [5, 5.41) is 2.95. The number of halogens is 2. The van der Waals surface area contributed by atoms with Gasteiger partial charge in [-0.25, -0.2) is 0 Å². The Balaban J connectivity index is 2.03. The van der Waals surface area contributed by atoms with Gasteiger partial charge in [0.05, 0.1) is 0 Å². The number of hydrogen-bond donors (Lipinski definition) is 0. The first kappa shape index (κ1) is 12.9. The van der Waals surface area contributed by atoms with Crippen LogP contribution in [0.2, 0.25) is 5.02 Å². The van der Waals surface area contributed by atoms with E-state index in [4.69, 9.17) is 23.2 Å². The van der Waals surface area contributed by atoms with Crippen LogP contribution in [0.4, 0.5) is 0 Å². The van der Waals surface area contributed by atoms with Crippen LogP contribution in [0.1, 0.15) is 10.4 Å². The number of hydrogen-bond acceptors (Lipinski definition) is 1. The molecule has 2 rings (SSSR count). The van der Waals surface area contributed by atoms with Crippen molar-refractivity contribution < 1.29 is 0 Å². The minimum atomic E-state index is 0.454. The smallest absolute Gasteiger partial charge is 0.0438 e. The van der Waals surface area contributed by atoms with Crippen molar-refractivity contribution >= 4 is 34.5 Å². The highest BCUT2D eigenvalue weighted by atomic mass is 35.5. The summed E-state index contributed by atoms with van der Waals surface area (Å²) < 4.78 is 0. The molecule has 0 N–H and O–H groups in total. The van der Waals surface area contributed by atoms with Crippen LogP contribution in [0.25, 0.3) is 0 Å². The molecule has 1 aromatic heterocycles. The van der Waals surface area contributed by atoms with Crippen molar-refractivity contribution in [2.24, 2.45) is 5.92 Å². The van der Waals surface area contributed by atoms with Gasteiger partial charge >= 0.3 is 0 Å². The molecule has 0 aliphatic carbocycles. The third-order valence-electron chi connectivity index (χ3n) is 2.75. The molecule has 1 heterocycles. The normalized spacial score (nSPS) is 12.6. The van der Waals surface area contributed by atoms with Gasteiger partial charge in [-0.2, -0.15) is 0 Å². The van der Waals surface area contributed by atoms with Crippen LogP contribution in [-0.2, 0) is 12.8 Å². The molecule has 0 bridgehead atoms. The van der Waals surface area contributed by atoms with Gasteiger partial charge in [0.25, 0.3) is 0 Å². The van der Waals surface area contributed by atoms with Crippen LogP contribution >= 0.6 is 34.5 Å². The van der Waals surface area contributed by atoms with Crippen molar-refractivity contribution in [1.29, 1.82) is 0 Å². The third kappa shape index (κ3) is 3.74. The predicted octanol–water partition coefficient (Wildman–Crippen LogP) is 5.04. The fourth-order valence-corrected chi connectivity index (χ4v) is 3.12. The van der Waals surface area contributed by atoms with Crippen molar-refractivity contribution in [3.8, 4) is 0 Å². The average Bonchev–Trinajstić information content (AvgIpc) is 2.84. The molecule has 17 heavy (non-hydrogen) atoms. The van der Waals surface area contributed by atoms with E-state index in [1.54, 1.807) is 11.3 Å². The van der Waals surface area contributed by atoms with Crippen LogP contribution in [0.15, 0.2) is 41.8 Å². The molecule has 0 amide bonds. The molecule has 1 unspecified atom stereocenters. The van der Waals surface area contributed by atoms with E-state index >= 15 is 0 Å². The van der Waals surface area contributed by atoms with E-state index in [9.17, 15) is 0 Å². The summed E-state index contributed by atoms with van der Waals surface area (Å²) in [6.07, 6.45) is 1.98. The second-order valence-corrected chi connectivity index (χ2v) is 5.85. The average molecular weight is 285 g/mol. The lowest BCUT2D eigenvalue weighted by atomic mass is 9.97. The molecule has 0 nitrogen and oxygen atoms in total. The largest absolute Gasteiger partial charge is 0.149 e. The maximum atomic E-state index is 6.17. The Labute approximate surface area is 116 Å². The molecule has 2 aromatic rings. The first-order valence-corrected chi connectivity index (χ1v) is 7.40. The highest BCUT2D eigenvalue weighted by molar-refractivity contribution is 7.09. The fraction of sp³-hybridized carbons (Fsp3) is 0.286. The van der Waals surface area contributed by atoms with Crippen molar-refractivity contribution in [1.82, 2.24) is 0 Å². The van der Waals surface area contributed by atoms with E-state index < -0.39 is 0 Å². The summed E-state index contributed by atoms with van der Waals surface area (Å²) >= 11 is 14.0. The van der Waals surface area contributed by atoms with Gasteiger partial charge in [0, 0.05) is 15.8 Å². The van der Waals surface area contributed by atoms with Gasteiger partial charge in [0.15, 0.2) is 0 Å². The minimum Gasteiger partial charge on any atom is -0.149 e. The number of thiophene rings is 1. The first-order valence-electron chi connectivity index (χ1n) is 5.61. The van der Waals surface area contributed by atoms with Crippen LogP contribution in [0, 0.1) is 5.92 Å². The molecule has 0 spiro atoms. The quantitative estimate of drug-likeness (QED) is 0.675. The Hall–Kier alpha value is -0.500. The predicted molar refractivity (Wildman–Crippen MR) is 77.4 cm³/mol. The second kappa shape index (κ2) is 6.44. The van der Waals surface area contributed by atoms with Crippen LogP contribution in [0.3, 0.4) is 0 Å². The van der Waals surface area contributed by atoms with E-state index in [-0.39, 0.29) is 0 Å². The molecule has 90 valence electrons. The molecular weight excluding hydrogens is 271 g/mol. The Bertz CT molecular complexity index is 451. The fourth-order valence-electron chi connectivity index (χ4n) is 1.87. The summed E-state index contributed by atoms with van der Waals surface area (Å²) in [6.45, 7) is 0. The van der Waals surface area contributed by atoms with Crippen LogP contribution < -0.4 is 0 Å². The van der Waals surface area contributed by atoms with Gasteiger partial charge in [0.1, 0.15) is 0 Å². The van der Waals surface area contributed by atoms with Crippen molar-refractivity contribution in [2.75, 3.05) is 5.88 Å². The maximum Gasteiger partial charge on any atom is 0.0438 e. The van der Waals surface area contributed by atoms with E-state index in [0.717, 1.165) is 17.9 Å². The third-order valence-corrected chi connectivity index (χ3v) is 4.46. The molecule has 0 radical (unpaired) electrons. The van der Waals surface area contributed by atoms with E-state index in [1.165, 1.54) is 10.4 Å². The molecule has 3 heteroatoms. The van der Waals surface area contributed by atoms with Crippen LogP contribution in [0.5, 0.6) is 0 Å². The van der Waals surface area contributed by atoms with Crippen molar-refractivity contribution in [2.45, 2.75) is 12.8 Å².